The highest BCUT2D eigenvalue weighted by molar-refractivity contribution is 9.10. The predicted molar refractivity (Wildman–Crippen MR) is 160 cm³/mol. The average molecular weight is 655 g/mol. The van der Waals surface area contributed by atoms with Crippen LogP contribution in [0.4, 0.5) is 5.69 Å². The third kappa shape index (κ3) is 7.75. The molecule has 39 heavy (non-hydrogen) atoms. The van der Waals surface area contributed by atoms with Crippen LogP contribution in [-0.4, -0.2) is 44.3 Å². The number of hydrogen-bond donors (Lipinski definition) is 1. The number of nitrogens with one attached hydrogen (secondary N) is 1. The van der Waals surface area contributed by atoms with Gasteiger partial charge in [-0.25, -0.2) is 8.42 Å². The van der Waals surface area contributed by atoms with Crippen molar-refractivity contribution in [2.24, 2.45) is 0 Å². The van der Waals surface area contributed by atoms with Crippen LogP contribution in [0.15, 0.2) is 76.1 Å². The largest absolute Gasteiger partial charge is 0.355 e. The fraction of sp³-hybridized carbons (Fsp3) is 0.286. The molecule has 0 aliphatic carbocycles. The SMILES string of the molecule is CCNC(=O)[C@@H](CC)N(Cc1ccc(Cl)cc1Cl)C(=O)CN(c1ccc(Br)cc1)S(=O)(=O)c1ccc(C)cc1. The van der Waals surface area contributed by atoms with Crippen LogP contribution in [-0.2, 0) is 26.2 Å². The summed E-state index contributed by atoms with van der Waals surface area (Å²) in [4.78, 5) is 28.4. The Hall–Kier alpha value is -2.59. The molecule has 11 heteroatoms. The topological polar surface area (TPSA) is 86.8 Å². The van der Waals surface area contributed by atoms with E-state index in [1.165, 1.54) is 17.0 Å². The molecule has 208 valence electrons. The van der Waals surface area contributed by atoms with Crippen LogP contribution >= 0.6 is 39.1 Å². The molecule has 0 bridgehead atoms. The minimum absolute atomic E-state index is 0.0107. The Bertz CT molecular complexity index is 1420. The highest BCUT2D eigenvalue weighted by Crippen LogP contribution is 2.28. The Labute approximate surface area is 248 Å². The lowest BCUT2D eigenvalue weighted by atomic mass is 10.1. The summed E-state index contributed by atoms with van der Waals surface area (Å²) in [6, 6.07) is 17.1. The number of hydrogen-bond acceptors (Lipinski definition) is 4. The van der Waals surface area contributed by atoms with Crippen molar-refractivity contribution >= 4 is 66.7 Å². The van der Waals surface area contributed by atoms with Crippen molar-refractivity contribution < 1.29 is 18.0 Å². The maximum absolute atomic E-state index is 14.0. The molecule has 1 N–H and O–H groups in total. The zero-order chi connectivity index (χ0) is 28.7. The van der Waals surface area contributed by atoms with Crippen molar-refractivity contribution in [3.05, 3.63) is 92.4 Å². The summed E-state index contributed by atoms with van der Waals surface area (Å²) in [7, 11) is -4.14. The number of carbonyl (C=O) groups excluding carboxylic acids is 2. The first-order valence-electron chi connectivity index (χ1n) is 12.3. The number of nitrogens with zero attached hydrogens (tertiary/aromatic N) is 2. The van der Waals surface area contributed by atoms with E-state index in [1.807, 2.05) is 6.92 Å². The molecule has 0 radical (unpaired) electrons. The van der Waals surface area contributed by atoms with E-state index in [-0.39, 0.29) is 17.3 Å². The van der Waals surface area contributed by atoms with Gasteiger partial charge in [-0.3, -0.25) is 13.9 Å². The smallest absolute Gasteiger partial charge is 0.264 e. The molecule has 0 spiro atoms. The zero-order valence-corrected chi connectivity index (χ0v) is 25.7. The Kier molecular flexibility index (Phi) is 10.8. The summed E-state index contributed by atoms with van der Waals surface area (Å²) >= 11 is 15.8. The quantitative estimate of drug-likeness (QED) is 0.267. The van der Waals surface area contributed by atoms with Crippen LogP contribution in [0.5, 0.6) is 0 Å². The molecular weight excluding hydrogens is 625 g/mol. The van der Waals surface area contributed by atoms with Crippen LogP contribution in [0.1, 0.15) is 31.4 Å². The van der Waals surface area contributed by atoms with Gasteiger partial charge in [0, 0.05) is 27.6 Å². The molecule has 0 aliphatic rings. The Balaban J connectivity index is 2.07. The number of anilines is 1. The van der Waals surface area contributed by atoms with Gasteiger partial charge in [0.25, 0.3) is 10.0 Å². The lowest BCUT2D eigenvalue weighted by molar-refractivity contribution is -0.140. The maximum atomic E-state index is 14.0. The fourth-order valence-electron chi connectivity index (χ4n) is 4.02. The summed E-state index contributed by atoms with van der Waals surface area (Å²) in [6.07, 6.45) is 0.311. The van der Waals surface area contributed by atoms with Crippen LogP contribution in [0.3, 0.4) is 0 Å². The Morgan fingerprint density at radius 3 is 2.18 bits per heavy atom. The molecule has 1 atom stereocenters. The zero-order valence-electron chi connectivity index (χ0n) is 21.8. The lowest BCUT2D eigenvalue weighted by Crippen LogP contribution is -2.52. The van der Waals surface area contributed by atoms with Crippen molar-refractivity contribution in [1.82, 2.24) is 10.2 Å². The number of halogens is 3. The monoisotopic (exact) mass is 653 g/mol. The highest BCUT2D eigenvalue weighted by atomic mass is 79.9. The van der Waals surface area contributed by atoms with Crippen molar-refractivity contribution in [2.45, 2.75) is 44.7 Å². The number of aryl methyl sites for hydroxylation is 1. The van der Waals surface area contributed by atoms with Crippen molar-refractivity contribution in [3.8, 4) is 0 Å². The second kappa shape index (κ2) is 13.7. The molecule has 0 unspecified atom stereocenters. The molecule has 7 nitrogen and oxygen atoms in total. The van der Waals surface area contributed by atoms with E-state index in [0.29, 0.717) is 34.3 Å². The second-order valence-electron chi connectivity index (χ2n) is 8.88. The third-order valence-electron chi connectivity index (χ3n) is 6.10. The summed E-state index contributed by atoms with van der Waals surface area (Å²) in [5.74, 6) is -0.896. The second-order valence-corrected chi connectivity index (χ2v) is 12.5. The number of rotatable bonds is 11. The molecule has 2 amide bonds. The molecule has 0 saturated carbocycles. The van der Waals surface area contributed by atoms with Crippen LogP contribution < -0.4 is 9.62 Å². The van der Waals surface area contributed by atoms with Crippen LogP contribution in [0.25, 0.3) is 0 Å². The normalized spacial score (nSPS) is 12.1. The van der Waals surface area contributed by atoms with E-state index < -0.39 is 28.5 Å². The maximum Gasteiger partial charge on any atom is 0.264 e. The Morgan fingerprint density at radius 1 is 0.974 bits per heavy atom. The number of sulfonamides is 1. The molecule has 3 rings (SSSR count). The average Bonchev–Trinajstić information content (AvgIpc) is 2.89. The molecule has 0 aliphatic heterocycles. The van der Waals surface area contributed by atoms with Gasteiger partial charge in [0.05, 0.1) is 10.6 Å². The fourth-order valence-corrected chi connectivity index (χ4v) is 6.17. The molecule has 0 saturated heterocycles. The Morgan fingerprint density at radius 2 is 1.62 bits per heavy atom. The van der Waals surface area contributed by atoms with Gasteiger partial charge in [-0.2, -0.15) is 0 Å². The van der Waals surface area contributed by atoms with Gasteiger partial charge in [0.1, 0.15) is 12.6 Å². The third-order valence-corrected chi connectivity index (χ3v) is 9.00. The first-order chi connectivity index (χ1) is 18.5. The van der Waals surface area contributed by atoms with Crippen molar-refractivity contribution in [3.63, 3.8) is 0 Å². The van der Waals surface area contributed by atoms with E-state index in [0.717, 1.165) is 14.3 Å². The van der Waals surface area contributed by atoms with Gasteiger partial charge in [-0.05, 0) is 74.4 Å². The first-order valence-corrected chi connectivity index (χ1v) is 15.3. The van der Waals surface area contributed by atoms with Crippen LogP contribution in [0.2, 0.25) is 10.0 Å². The van der Waals surface area contributed by atoms with Crippen molar-refractivity contribution in [1.29, 1.82) is 0 Å². The molecule has 0 fully saturated rings. The van der Waals surface area contributed by atoms with Gasteiger partial charge in [-0.1, -0.05) is 69.8 Å². The van der Waals surface area contributed by atoms with Crippen LogP contribution in [0, 0.1) is 6.92 Å². The molecule has 0 aromatic heterocycles. The predicted octanol–water partition coefficient (Wildman–Crippen LogP) is 6.20. The number of carbonyl (C=O) groups is 2. The van der Waals surface area contributed by atoms with Gasteiger partial charge in [-0.15, -0.1) is 0 Å². The van der Waals surface area contributed by atoms with E-state index in [9.17, 15) is 18.0 Å². The van der Waals surface area contributed by atoms with Gasteiger partial charge in [0.15, 0.2) is 0 Å². The molecule has 3 aromatic carbocycles. The first kappa shape index (κ1) is 30.9. The van der Waals surface area contributed by atoms with Gasteiger partial charge < -0.3 is 10.2 Å². The van der Waals surface area contributed by atoms with Crippen molar-refractivity contribution in [2.75, 3.05) is 17.4 Å². The minimum Gasteiger partial charge on any atom is -0.355 e. The highest BCUT2D eigenvalue weighted by Gasteiger charge is 2.33. The van der Waals surface area contributed by atoms with Gasteiger partial charge >= 0.3 is 0 Å². The molecule has 3 aromatic rings. The molecular formula is C28H30BrCl2N3O4S. The summed E-state index contributed by atoms with van der Waals surface area (Å²) in [5, 5.41) is 3.54. The number of amides is 2. The lowest BCUT2D eigenvalue weighted by Gasteiger charge is -2.33. The minimum atomic E-state index is -4.14. The molecule has 0 heterocycles. The van der Waals surface area contributed by atoms with Gasteiger partial charge in [0.2, 0.25) is 11.8 Å². The van der Waals surface area contributed by atoms with E-state index in [4.69, 9.17) is 23.2 Å². The summed E-state index contributed by atoms with van der Waals surface area (Å²) in [5.41, 5.74) is 1.79. The number of benzene rings is 3. The van der Waals surface area contributed by atoms with E-state index in [2.05, 4.69) is 21.2 Å². The van der Waals surface area contributed by atoms with E-state index >= 15 is 0 Å². The standard InChI is InChI=1S/C28H30BrCl2N3O4S/c1-4-26(28(36)32-5-2)33(17-20-8-11-22(30)16-25(20)31)27(35)18-34(23-12-9-21(29)10-13-23)39(37,38)24-14-6-19(3)7-15-24/h6-16,26H,4-5,17-18H2,1-3H3,(H,32,36)/t26-/m1/s1. The van der Waals surface area contributed by atoms with E-state index in [1.54, 1.807) is 68.4 Å². The number of likely N-dealkylation sites (N-methyl/N-ethyl adjacent to an activating group) is 1. The summed E-state index contributed by atoms with van der Waals surface area (Å²) in [6.45, 7) is 5.28. The summed E-state index contributed by atoms with van der Waals surface area (Å²) < 4.78 is 29.5.